The molecular weight excluding hydrogens is 1000 g/mol. The molecule has 0 aliphatic carbocycles. The summed E-state index contributed by atoms with van der Waals surface area (Å²) in [6, 6.07) is 9.43. The van der Waals surface area contributed by atoms with Gasteiger partial charge in [-0.2, -0.15) is 16.8 Å². The number of allylic oxidation sites excluding steroid dienone is 1. The number of thiazole rings is 1. The van der Waals surface area contributed by atoms with E-state index in [9.17, 15) is 68.5 Å². The van der Waals surface area contributed by atoms with E-state index in [1.165, 1.54) is 43.0 Å². The molecule has 340 valence electrons. The highest BCUT2D eigenvalue weighted by Crippen LogP contribution is 2.48. The number of aromatic nitrogens is 3. The van der Waals surface area contributed by atoms with Crippen molar-refractivity contribution in [2.75, 3.05) is 28.7 Å². The SMILES string of the molecule is CC(C=C1Sc2ccc(Cl)cc2N1Cc1ccccc1S(=O)(=O)O)=c1c(=O)n(C2CCS(=O)(=O)C2)/c(=c2\sc(=C3SC(=S)N(CC(=O)O)C3=O)n(CCS(=O)(=O)O)c2=O)n1CC(=O)O. The number of carboxylic acid groups (broad SMARTS) is 2. The predicted molar refractivity (Wildman–Crippen MR) is 240 cm³/mol. The molecule has 3 aliphatic heterocycles. The van der Waals surface area contributed by atoms with Crippen LogP contribution in [0.5, 0.6) is 0 Å². The van der Waals surface area contributed by atoms with E-state index in [2.05, 4.69) is 0 Å². The van der Waals surface area contributed by atoms with Gasteiger partial charge in [0.15, 0.2) is 9.84 Å². The molecule has 2 aromatic heterocycles. The molecule has 0 bridgehead atoms. The van der Waals surface area contributed by atoms with Gasteiger partial charge in [-0.1, -0.05) is 65.5 Å². The zero-order valence-electron chi connectivity index (χ0n) is 32.6. The van der Waals surface area contributed by atoms with Crippen LogP contribution in [0.4, 0.5) is 5.69 Å². The van der Waals surface area contributed by atoms with E-state index in [0.29, 0.717) is 43.7 Å². The maximum absolute atomic E-state index is 14.9. The van der Waals surface area contributed by atoms with Crippen molar-refractivity contribution in [3.8, 4) is 0 Å². The van der Waals surface area contributed by atoms with Gasteiger partial charge in [-0.3, -0.25) is 47.1 Å². The third-order valence-corrected chi connectivity index (χ3v) is 17.5. The molecule has 1 unspecified atom stereocenters. The minimum absolute atomic E-state index is 0.0793. The molecule has 2 aromatic carbocycles. The number of amides is 1. The Bertz CT molecular complexity index is 3470. The second-order valence-electron chi connectivity index (χ2n) is 14.4. The third-order valence-electron chi connectivity index (χ3n) is 10.0. The van der Waals surface area contributed by atoms with E-state index in [0.717, 1.165) is 18.6 Å². The average molecular weight is 1030 g/mol. The number of benzene rings is 2. The van der Waals surface area contributed by atoms with Gasteiger partial charge in [0.2, 0.25) is 0 Å². The fraction of sp³-hybridized carbons (Fsp3) is 0.278. The van der Waals surface area contributed by atoms with Crippen molar-refractivity contribution in [3.63, 3.8) is 0 Å². The molecule has 20 nitrogen and oxygen atoms in total. The molecule has 0 radical (unpaired) electrons. The monoisotopic (exact) mass is 1030 g/mol. The zero-order valence-corrected chi connectivity index (χ0v) is 39.1. The maximum Gasteiger partial charge on any atom is 0.323 e. The van der Waals surface area contributed by atoms with Crippen LogP contribution in [-0.4, -0.2) is 109 Å². The zero-order chi connectivity index (χ0) is 46.8. The van der Waals surface area contributed by atoms with Crippen LogP contribution in [-0.2, 0) is 64.1 Å². The Morgan fingerprint density at radius 2 is 1.64 bits per heavy atom. The third kappa shape index (κ3) is 9.54. The van der Waals surface area contributed by atoms with Crippen LogP contribution in [0.2, 0.25) is 5.02 Å². The van der Waals surface area contributed by atoms with Crippen LogP contribution >= 0.6 is 58.7 Å². The first-order valence-electron chi connectivity index (χ1n) is 18.3. The van der Waals surface area contributed by atoms with E-state index < -0.39 is 106 Å². The summed E-state index contributed by atoms with van der Waals surface area (Å²) in [5, 5.41) is 20.1. The molecule has 64 heavy (non-hydrogen) atoms. The minimum Gasteiger partial charge on any atom is -0.480 e. The van der Waals surface area contributed by atoms with E-state index in [1.807, 2.05) is 0 Å². The standard InChI is InChI=1S/C36H32ClN5O15S7/c1-18(12-25-39(22-13-20(37)6-7-23(22)59-25)14-19-4-2-3-5-24(19)64(55,56)57)28-32(47)42(21-8-10-62(50,51)17-21)31(40(28)15-26(43)44)29-33(48)38(9-11-63(52,53)54)35(60-29)30-34(49)41(16-27(45)46)36(58)61-30/h2-7,12-13,21H,8-11,14-17H2,1H3,(H,43,44)(H,45,46)(H,52,53,54)(H,55,56,57)/b25-12?,28-18?,31-29-,35-30?. The lowest BCUT2D eigenvalue weighted by Gasteiger charge is -2.22. The van der Waals surface area contributed by atoms with Crippen LogP contribution < -0.4 is 26.0 Å². The van der Waals surface area contributed by atoms with Gasteiger partial charge in [-0.25, -0.2) is 8.42 Å². The van der Waals surface area contributed by atoms with Crippen molar-refractivity contribution < 1.29 is 59.0 Å². The van der Waals surface area contributed by atoms with Gasteiger partial charge in [0.1, 0.15) is 42.3 Å². The molecule has 1 amide bonds. The Morgan fingerprint density at radius 1 is 0.953 bits per heavy atom. The Hall–Kier alpha value is -4.58. The lowest BCUT2D eigenvalue weighted by Crippen LogP contribution is -2.36. The van der Waals surface area contributed by atoms with E-state index in [-0.39, 0.29) is 54.0 Å². The fourth-order valence-corrected chi connectivity index (χ4v) is 14.1. The number of carbonyl (C=O) groups is 3. The van der Waals surface area contributed by atoms with E-state index in [1.54, 1.807) is 29.2 Å². The number of halogens is 1. The quantitative estimate of drug-likeness (QED) is 0.115. The lowest BCUT2D eigenvalue weighted by atomic mass is 10.2. The molecule has 28 heteroatoms. The van der Waals surface area contributed by atoms with Crippen LogP contribution in [0.1, 0.15) is 24.9 Å². The van der Waals surface area contributed by atoms with Crippen molar-refractivity contribution in [1.82, 2.24) is 18.6 Å². The molecular formula is C36H32ClN5O15S7. The number of aliphatic carboxylic acids is 2. The summed E-state index contributed by atoms with van der Waals surface area (Å²) in [7, 11) is -13.2. The first kappa shape index (κ1) is 47.4. The van der Waals surface area contributed by atoms with Crippen molar-refractivity contribution in [2.45, 2.75) is 48.8 Å². The number of hydrogen-bond acceptors (Lipinski definition) is 16. The van der Waals surface area contributed by atoms with E-state index in [4.69, 9.17) is 23.8 Å². The van der Waals surface area contributed by atoms with Gasteiger partial charge in [-0.15, -0.1) is 11.3 Å². The molecule has 4 aromatic rings. The second kappa shape index (κ2) is 17.7. The van der Waals surface area contributed by atoms with Gasteiger partial charge in [0.25, 0.3) is 37.3 Å². The lowest BCUT2D eigenvalue weighted by molar-refractivity contribution is -0.140. The molecule has 2 fully saturated rings. The molecule has 0 spiro atoms. The van der Waals surface area contributed by atoms with Gasteiger partial charge in [-0.05, 0) is 54.8 Å². The number of imidazole rings is 1. The fourth-order valence-electron chi connectivity index (χ4n) is 7.37. The van der Waals surface area contributed by atoms with Crippen molar-refractivity contribution >= 4 is 127 Å². The first-order valence-corrected chi connectivity index (χ1v) is 26.4. The number of nitrogens with zero attached hydrogens (tertiary/aromatic N) is 5. The number of hydrogen-bond donors (Lipinski definition) is 4. The van der Waals surface area contributed by atoms with Crippen LogP contribution in [0.15, 0.2) is 72.9 Å². The van der Waals surface area contributed by atoms with Crippen molar-refractivity contribution in [1.29, 1.82) is 0 Å². The first-order chi connectivity index (χ1) is 29.8. The number of fused-ring (bicyclic) bond motifs is 1. The highest BCUT2D eigenvalue weighted by molar-refractivity contribution is 8.30. The molecule has 3 aliphatic rings. The highest BCUT2D eigenvalue weighted by atomic mass is 35.5. The molecule has 1 atom stereocenters. The number of carbonyl (C=O) groups excluding carboxylic acids is 1. The molecule has 4 N–H and O–H groups in total. The van der Waals surface area contributed by atoms with Crippen LogP contribution in [0.25, 0.3) is 10.5 Å². The van der Waals surface area contributed by atoms with Crippen molar-refractivity contribution in [3.05, 3.63) is 105 Å². The summed E-state index contributed by atoms with van der Waals surface area (Å²) < 4.78 is 96.0. The second-order valence-corrected chi connectivity index (χ2v) is 23.7. The Morgan fingerprint density at radius 3 is 2.27 bits per heavy atom. The summed E-state index contributed by atoms with van der Waals surface area (Å²) in [5.41, 5.74) is -1.65. The van der Waals surface area contributed by atoms with Crippen LogP contribution in [0.3, 0.4) is 0 Å². The minimum atomic E-state index is -4.77. The highest BCUT2D eigenvalue weighted by Gasteiger charge is 2.37. The van der Waals surface area contributed by atoms with Crippen LogP contribution in [0, 0.1) is 10.0 Å². The number of carboxylic acids is 2. The molecule has 0 saturated carbocycles. The van der Waals surface area contributed by atoms with Gasteiger partial charge in [0.05, 0.1) is 45.5 Å². The number of anilines is 1. The smallest absolute Gasteiger partial charge is 0.323 e. The average Bonchev–Trinajstić information content (AvgIpc) is 3.95. The van der Waals surface area contributed by atoms with Gasteiger partial charge < -0.3 is 19.7 Å². The maximum atomic E-state index is 14.9. The number of sulfone groups is 1. The Balaban J connectivity index is 1.59. The topological polar surface area (TPSA) is 290 Å². The number of thiocarbonyl (C=S) groups is 1. The Kier molecular flexibility index (Phi) is 13.1. The summed E-state index contributed by atoms with van der Waals surface area (Å²) >= 11 is 13.9. The largest absolute Gasteiger partial charge is 0.480 e. The number of thioether (sulfide) groups is 2. The van der Waals surface area contributed by atoms with Gasteiger partial charge >= 0.3 is 11.9 Å². The summed E-state index contributed by atoms with van der Waals surface area (Å²) in [5.74, 6) is -5.94. The van der Waals surface area contributed by atoms with Crippen molar-refractivity contribution in [2.24, 2.45) is 0 Å². The molecule has 2 saturated heterocycles. The predicted octanol–water partition coefficient (Wildman–Crippen LogP) is 1.27. The molecule has 5 heterocycles. The normalized spacial score (nSPS) is 20.1. The van der Waals surface area contributed by atoms with E-state index >= 15 is 0 Å². The summed E-state index contributed by atoms with van der Waals surface area (Å²) in [4.78, 5) is 69.8. The van der Waals surface area contributed by atoms with Gasteiger partial charge in [0, 0.05) is 16.5 Å². The summed E-state index contributed by atoms with van der Waals surface area (Å²) in [6.45, 7) is -1.36. The summed E-state index contributed by atoms with van der Waals surface area (Å²) in [6.07, 6.45) is 1.35. The Labute approximate surface area is 384 Å². The molecule has 7 rings (SSSR count). The number of rotatable bonds is 12.